The second-order valence-electron chi connectivity index (χ2n) is 6.85. The van der Waals surface area contributed by atoms with Crippen molar-refractivity contribution in [3.63, 3.8) is 0 Å². The van der Waals surface area contributed by atoms with E-state index in [4.69, 9.17) is 5.41 Å². The third-order valence-corrected chi connectivity index (χ3v) is 4.16. The van der Waals surface area contributed by atoms with Crippen LogP contribution in [0.5, 0.6) is 0 Å². The number of rotatable bonds is 7. The number of carbonyl (C=O) groups is 1. The van der Waals surface area contributed by atoms with Crippen molar-refractivity contribution in [2.45, 2.75) is 39.8 Å². The first kappa shape index (κ1) is 17.9. The van der Waals surface area contributed by atoms with E-state index in [9.17, 15) is 4.79 Å². The van der Waals surface area contributed by atoms with E-state index in [0.29, 0.717) is 36.7 Å². The van der Waals surface area contributed by atoms with E-state index in [1.54, 1.807) is 16.5 Å². The molecule has 1 saturated heterocycles. The van der Waals surface area contributed by atoms with Crippen LogP contribution in [0.25, 0.3) is 0 Å². The lowest BCUT2D eigenvalue weighted by Crippen LogP contribution is -2.44. The second-order valence-corrected chi connectivity index (χ2v) is 6.85. The molecule has 1 aliphatic rings. The molecule has 3 N–H and O–H groups in total. The maximum absolute atomic E-state index is 11.9. The van der Waals surface area contributed by atoms with Gasteiger partial charge in [0.1, 0.15) is 11.5 Å². The summed E-state index contributed by atoms with van der Waals surface area (Å²) in [6.45, 7) is 7.05. The van der Waals surface area contributed by atoms with Gasteiger partial charge in [0.15, 0.2) is 0 Å². The van der Waals surface area contributed by atoms with Gasteiger partial charge in [0, 0.05) is 50.4 Å². The molecular weight excluding hydrogens is 330 g/mol. The molecule has 0 aromatic carbocycles. The Morgan fingerprint density at radius 2 is 2.19 bits per heavy atom. The highest BCUT2D eigenvalue weighted by atomic mass is 16.2. The lowest BCUT2D eigenvalue weighted by atomic mass is 10.1. The summed E-state index contributed by atoms with van der Waals surface area (Å²) in [7, 11) is 1.88. The molecule has 0 saturated carbocycles. The van der Waals surface area contributed by atoms with Gasteiger partial charge in [0.05, 0.1) is 23.3 Å². The van der Waals surface area contributed by atoms with Crippen molar-refractivity contribution in [1.82, 2.24) is 14.8 Å². The largest absolute Gasteiger partial charge is 0.379 e. The molecule has 0 bridgehead atoms. The van der Waals surface area contributed by atoms with Gasteiger partial charge in [-0.25, -0.2) is 4.98 Å². The normalized spacial score (nSPS) is 13.7. The molecule has 2 aromatic heterocycles. The molecule has 2 aromatic rings. The fourth-order valence-corrected chi connectivity index (χ4v) is 2.83. The Hall–Kier alpha value is -2.90. The number of amides is 1. The predicted octanol–water partition coefficient (Wildman–Crippen LogP) is 2.37. The molecule has 8 heteroatoms. The molecule has 3 rings (SSSR count). The molecule has 1 fully saturated rings. The standard InChI is InChI=1S/C18H25N7O/c1-11(2)22-18-14(20-8-13-9-21-24(4)10-13)7-15(23-17(18)12(3)19)25-6-5-16(25)26/h7,9-11,19,22H,5-6,8H2,1-4H3,(H,20,23). The monoisotopic (exact) mass is 355 g/mol. The Morgan fingerprint density at radius 1 is 1.42 bits per heavy atom. The number of aromatic nitrogens is 3. The van der Waals surface area contributed by atoms with Gasteiger partial charge in [-0.1, -0.05) is 0 Å². The van der Waals surface area contributed by atoms with Crippen molar-refractivity contribution in [3.05, 3.63) is 29.7 Å². The van der Waals surface area contributed by atoms with Crippen molar-refractivity contribution in [2.24, 2.45) is 7.05 Å². The highest BCUT2D eigenvalue weighted by Gasteiger charge is 2.28. The third-order valence-electron chi connectivity index (χ3n) is 4.16. The Bertz CT molecular complexity index is 840. The quantitative estimate of drug-likeness (QED) is 0.523. The summed E-state index contributed by atoms with van der Waals surface area (Å²) < 4.78 is 1.76. The number of carbonyl (C=O) groups excluding carboxylic acids is 1. The van der Waals surface area contributed by atoms with Gasteiger partial charge >= 0.3 is 0 Å². The number of hydrogen-bond donors (Lipinski definition) is 3. The number of pyridine rings is 1. The van der Waals surface area contributed by atoms with E-state index < -0.39 is 0 Å². The molecule has 0 atom stereocenters. The summed E-state index contributed by atoms with van der Waals surface area (Å²) in [4.78, 5) is 18.1. The van der Waals surface area contributed by atoms with Gasteiger partial charge in [0.2, 0.25) is 5.91 Å². The zero-order valence-corrected chi connectivity index (χ0v) is 15.6. The molecule has 0 aliphatic carbocycles. The van der Waals surface area contributed by atoms with Crippen molar-refractivity contribution < 1.29 is 4.79 Å². The van der Waals surface area contributed by atoms with Crippen molar-refractivity contribution in [3.8, 4) is 0 Å². The highest BCUT2D eigenvalue weighted by molar-refractivity contribution is 6.05. The van der Waals surface area contributed by atoms with E-state index in [1.807, 2.05) is 39.4 Å². The Kier molecular flexibility index (Phi) is 4.92. The van der Waals surface area contributed by atoms with Gasteiger partial charge in [0.25, 0.3) is 0 Å². The summed E-state index contributed by atoms with van der Waals surface area (Å²) in [6.07, 6.45) is 4.31. The van der Waals surface area contributed by atoms with Gasteiger partial charge in [-0.2, -0.15) is 5.10 Å². The van der Waals surface area contributed by atoms with E-state index in [2.05, 4.69) is 20.7 Å². The molecular formula is C18H25N7O. The van der Waals surface area contributed by atoms with E-state index in [1.165, 1.54) is 0 Å². The first-order valence-corrected chi connectivity index (χ1v) is 8.74. The Balaban J connectivity index is 1.98. The molecule has 8 nitrogen and oxygen atoms in total. The number of anilines is 3. The van der Waals surface area contributed by atoms with Gasteiger partial charge in [-0.15, -0.1) is 0 Å². The van der Waals surface area contributed by atoms with Crippen molar-refractivity contribution in [2.75, 3.05) is 22.1 Å². The number of nitrogens with one attached hydrogen (secondary N) is 3. The minimum absolute atomic E-state index is 0.0638. The molecule has 0 unspecified atom stereocenters. The summed E-state index contributed by atoms with van der Waals surface area (Å²) in [5.74, 6) is 0.653. The number of β-lactam (4-membered cyclic amide) rings is 1. The van der Waals surface area contributed by atoms with Crippen LogP contribution in [0.3, 0.4) is 0 Å². The lowest BCUT2D eigenvalue weighted by molar-refractivity contribution is -0.122. The zero-order chi connectivity index (χ0) is 18.8. The zero-order valence-electron chi connectivity index (χ0n) is 15.6. The van der Waals surface area contributed by atoms with E-state index in [0.717, 1.165) is 16.9 Å². The molecule has 0 spiro atoms. The van der Waals surface area contributed by atoms with Crippen LogP contribution in [0.15, 0.2) is 18.5 Å². The fourth-order valence-electron chi connectivity index (χ4n) is 2.83. The van der Waals surface area contributed by atoms with Crippen LogP contribution in [0.1, 0.15) is 38.4 Å². The summed E-state index contributed by atoms with van der Waals surface area (Å²) in [5, 5.41) is 19.1. The van der Waals surface area contributed by atoms with Crippen LogP contribution in [0, 0.1) is 5.41 Å². The van der Waals surface area contributed by atoms with Crippen LogP contribution < -0.4 is 15.5 Å². The summed E-state index contributed by atoms with van der Waals surface area (Å²) >= 11 is 0. The second kappa shape index (κ2) is 7.15. The van der Waals surface area contributed by atoms with Crippen LogP contribution >= 0.6 is 0 Å². The van der Waals surface area contributed by atoms with Crippen molar-refractivity contribution >= 4 is 28.8 Å². The molecule has 26 heavy (non-hydrogen) atoms. The van der Waals surface area contributed by atoms with Gasteiger partial charge in [-0.05, 0) is 20.8 Å². The van der Waals surface area contributed by atoms with E-state index in [-0.39, 0.29) is 11.9 Å². The Labute approximate surface area is 153 Å². The summed E-state index contributed by atoms with van der Waals surface area (Å²) in [6, 6.07) is 2.07. The van der Waals surface area contributed by atoms with Crippen LogP contribution in [0.4, 0.5) is 17.2 Å². The fraction of sp³-hybridized carbons (Fsp3) is 0.444. The maximum atomic E-state index is 11.9. The smallest absolute Gasteiger partial charge is 0.229 e. The molecule has 1 aliphatic heterocycles. The van der Waals surface area contributed by atoms with Crippen LogP contribution in [0.2, 0.25) is 0 Å². The SMILES string of the molecule is CC(=N)c1nc(N2CCC2=O)cc(NCc2cnn(C)c2)c1NC(C)C. The lowest BCUT2D eigenvalue weighted by Gasteiger charge is -2.31. The summed E-state index contributed by atoms with van der Waals surface area (Å²) in [5.41, 5.74) is 3.58. The third kappa shape index (κ3) is 3.68. The molecule has 138 valence electrons. The number of hydrogen-bond acceptors (Lipinski definition) is 6. The topological polar surface area (TPSA) is 98.9 Å². The molecule has 3 heterocycles. The molecule has 1 amide bonds. The molecule has 0 radical (unpaired) electrons. The number of aryl methyl sites for hydroxylation is 1. The average Bonchev–Trinajstić information content (AvgIpc) is 2.97. The van der Waals surface area contributed by atoms with Crippen LogP contribution in [-0.2, 0) is 18.4 Å². The minimum atomic E-state index is 0.0638. The van der Waals surface area contributed by atoms with E-state index >= 15 is 0 Å². The maximum Gasteiger partial charge on any atom is 0.229 e. The van der Waals surface area contributed by atoms with Gasteiger partial charge < -0.3 is 16.0 Å². The Morgan fingerprint density at radius 3 is 2.69 bits per heavy atom. The number of nitrogens with zero attached hydrogens (tertiary/aromatic N) is 4. The highest BCUT2D eigenvalue weighted by Crippen LogP contribution is 2.33. The van der Waals surface area contributed by atoms with Gasteiger partial charge in [-0.3, -0.25) is 14.4 Å². The first-order chi connectivity index (χ1) is 12.3. The minimum Gasteiger partial charge on any atom is -0.379 e. The predicted molar refractivity (Wildman–Crippen MR) is 103 cm³/mol. The van der Waals surface area contributed by atoms with Crippen LogP contribution in [-0.4, -0.2) is 39.0 Å². The first-order valence-electron chi connectivity index (χ1n) is 8.74. The average molecular weight is 355 g/mol. The van der Waals surface area contributed by atoms with Crippen molar-refractivity contribution in [1.29, 1.82) is 5.41 Å².